The van der Waals surface area contributed by atoms with E-state index in [4.69, 9.17) is 15.6 Å². The average Bonchev–Trinajstić information content (AvgIpc) is 3.21. The maximum atomic E-state index is 13.2. The van der Waals surface area contributed by atoms with Gasteiger partial charge in [0.05, 0.1) is 11.7 Å². The number of aromatic nitrogens is 3. The number of hydrogen-bond donors (Lipinski definition) is 3. The summed E-state index contributed by atoms with van der Waals surface area (Å²) < 4.78 is 33.6. The molecule has 1 unspecified atom stereocenters. The zero-order chi connectivity index (χ0) is 26.3. The molecule has 1 atom stereocenters. The second-order valence-electron chi connectivity index (χ2n) is 11.9. The van der Waals surface area contributed by atoms with E-state index in [0.29, 0.717) is 5.92 Å². The number of carboxylic acids is 1. The Kier molecular flexibility index (Phi) is 7.29. The minimum atomic E-state index is -5.08. The number of nitrogens with two attached hydrogens (primary N) is 1. The topological polar surface area (TPSA) is 126 Å². The second kappa shape index (κ2) is 9.83. The van der Waals surface area contributed by atoms with Gasteiger partial charge in [-0.25, -0.2) is 9.59 Å². The smallest absolute Gasteiger partial charge is 0.475 e. The number of halogens is 3. The number of aliphatic carboxylic acids is 1. The van der Waals surface area contributed by atoms with Gasteiger partial charge in [0.15, 0.2) is 0 Å². The lowest BCUT2D eigenvalue weighted by Crippen LogP contribution is -2.62. The molecular weight excluding hydrogens is 477 g/mol. The van der Waals surface area contributed by atoms with Crippen LogP contribution in [0.4, 0.5) is 18.0 Å². The SMILES string of the molecule is CC(C)(N)c1cn(CC2CCCN(C(=O)NC34CC5CC(CC(C5)C3)C4)C2)nn1.O=C(O)C(F)(F)F. The molecule has 5 fully saturated rings. The van der Waals surface area contributed by atoms with Crippen LogP contribution in [0.3, 0.4) is 0 Å². The van der Waals surface area contributed by atoms with Crippen molar-refractivity contribution in [1.82, 2.24) is 25.2 Å². The van der Waals surface area contributed by atoms with Crippen molar-refractivity contribution in [3.8, 4) is 0 Å². The second-order valence-corrected chi connectivity index (χ2v) is 11.9. The van der Waals surface area contributed by atoms with Gasteiger partial charge in [-0.15, -0.1) is 5.10 Å². The van der Waals surface area contributed by atoms with Gasteiger partial charge in [-0.2, -0.15) is 13.2 Å². The van der Waals surface area contributed by atoms with E-state index in [1.54, 1.807) is 0 Å². The molecule has 12 heteroatoms. The van der Waals surface area contributed by atoms with Gasteiger partial charge in [-0.1, -0.05) is 5.21 Å². The fourth-order valence-electron chi connectivity index (χ4n) is 6.92. The quantitative estimate of drug-likeness (QED) is 0.565. The van der Waals surface area contributed by atoms with Crippen molar-refractivity contribution >= 4 is 12.0 Å². The Labute approximate surface area is 209 Å². The zero-order valence-electron chi connectivity index (χ0n) is 20.9. The van der Waals surface area contributed by atoms with Crippen LogP contribution in [0, 0.1) is 23.7 Å². The first-order chi connectivity index (χ1) is 16.7. The lowest BCUT2D eigenvalue weighted by Gasteiger charge is -2.57. The van der Waals surface area contributed by atoms with Crippen molar-refractivity contribution in [2.75, 3.05) is 13.1 Å². The number of carboxylic acid groups (broad SMARTS) is 1. The molecule has 4 aliphatic carbocycles. The van der Waals surface area contributed by atoms with Crippen LogP contribution < -0.4 is 11.1 Å². The van der Waals surface area contributed by atoms with Gasteiger partial charge in [-0.05, 0) is 88.9 Å². The summed E-state index contributed by atoms with van der Waals surface area (Å²) in [5.74, 6) is 0.214. The molecule has 0 radical (unpaired) electrons. The molecule has 9 nitrogen and oxygen atoms in total. The molecule has 2 heterocycles. The van der Waals surface area contributed by atoms with Crippen molar-refractivity contribution in [1.29, 1.82) is 0 Å². The lowest BCUT2D eigenvalue weighted by atomic mass is 9.53. The van der Waals surface area contributed by atoms with Crippen LogP contribution in [0.5, 0.6) is 0 Å². The Balaban J connectivity index is 0.000000384. The predicted molar refractivity (Wildman–Crippen MR) is 125 cm³/mol. The van der Waals surface area contributed by atoms with E-state index in [1.807, 2.05) is 24.7 Å². The molecule has 5 aliphatic rings. The molecule has 4 N–H and O–H groups in total. The molecule has 1 aliphatic heterocycles. The van der Waals surface area contributed by atoms with Crippen LogP contribution in [0.25, 0.3) is 0 Å². The van der Waals surface area contributed by atoms with E-state index < -0.39 is 17.7 Å². The maximum Gasteiger partial charge on any atom is 0.490 e. The lowest BCUT2D eigenvalue weighted by molar-refractivity contribution is -0.192. The van der Waals surface area contributed by atoms with Gasteiger partial charge < -0.3 is 21.1 Å². The summed E-state index contributed by atoms with van der Waals surface area (Å²) >= 11 is 0. The average molecular weight is 515 g/mol. The molecule has 1 saturated heterocycles. The van der Waals surface area contributed by atoms with Crippen molar-refractivity contribution < 1.29 is 27.9 Å². The molecule has 2 amide bonds. The Hall–Kier alpha value is -2.37. The number of nitrogens with zero attached hydrogens (tertiary/aromatic N) is 4. The summed E-state index contributed by atoms with van der Waals surface area (Å²) in [6, 6.07) is 0.166. The van der Waals surface area contributed by atoms with Gasteiger partial charge in [-0.3, -0.25) is 4.68 Å². The highest BCUT2D eigenvalue weighted by atomic mass is 19.4. The van der Waals surface area contributed by atoms with Gasteiger partial charge in [0.2, 0.25) is 0 Å². The number of urea groups is 1. The first-order valence-electron chi connectivity index (χ1n) is 12.8. The van der Waals surface area contributed by atoms with Crippen molar-refractivity contribution in [3.63, 3.8) is 0 Å². The molecule has 1 aromatic rings. The number of piperidine rings is 1. The third kappa shape index (κ3) is 6.30. The first kappa shape index (κ1) is 26.7. The molecule has 6 rings (SSSR count). The molecule has 1 aromatic heterocycles. The van der Waals surface area contributed by atoms with Crippen molar-refractivity contribution in [2.24, 2.45) is 29.4 Å². The molecule has 36 heavy (non-hydrogen) atoms. The monoisotopic (exact) mass is 514 g/mol. The van der Waals surface area contributed by atoms with E-state index in [1.165, 1.54) is 38.5 Å². The van der Waals surface area contributed by atoms with Crippen molar-refractivity contribution in [3.05, 3.63) is 11.9 Å². The number of likely N-dealkylation sites (tertiary alicyclic amines) is 1. The molecule has 0 spiro atoms. The van der Waals surface area contributed by atoms with Gasteiger partial charge in [0.25, 0.3) is 0 Å². The molecule has 4 saturated carbocycles. The number of hydrogen-bond acceptors (Lipinski definition) is 5. The minimum Gasteiger partial charge on any atom is -0.475 e. The van der Waals surface area contributed by atoms with E-state index in [-0.39, 0.29) is 11.6 Å². The Morgan fingerprint density at radius 2 is 1.72 bits per heavy atom. The number of carbonyl (C=O) groups excluding carboxylic acids is 1. The normalized spacial score (nSPS) is 31.6. The van der Waals surface area contributed by atoms with Crippen LogP contribution in [0.15, 0.2) is 6.20 Å². The number of nitrogens with one attached hydrogen (secondary N) is 1. The number of carbonyl (C=O) groups is 2. The molecule has 4 bridgehead atoms. The van der Waals surface area contributed by atoms with E-state index in [9.17, 15) is 18.0 Å². The third-order valence-electron chi connectivity index (χ3n) is 8.10. The van der Waals surface area contributed by atoms with E-state index >= 15 is 0 Å². The van der Waals surface area contributed by atoms with Crippen molar-refractivity contribution in [2.45, 2.75) is 89.0 Å². The van der Waals surface area contributed by atoms with Gasteiger partial charge >= 0.3 is 18.2 Å². The van der Waals surface area contributed by atoms with Gasteiger partial charge in [0.1, 0.15) is 5.69 Å². The molecule has 0 aromatic carbocycles. The molecular formula is C24H37F3N6O3. The summed E-state index contributed by atoms with van der Waals surface area (Å²) in [6.45, 7) is 6.35. The van der Waals surface area contributed by atoms with Crippen LogP contribution in [0.1, 0.15) is 70.9 Å². The summed E-state index contributed by atoms with van der Waals surface area (Å²) in [6.07, 6.45) is 6.89. The zero-order valence-corrected chi connectivity index (χ0v) is 20.9. The van der Waals surface area contributed by atoms with Gasteiger partial charge in [0, 0.05) is 25.2 Å². The summed E-state index contributed by atoms with van der Waals surface area (Å²) in [7, 11) is 0. The number of amides is 2. The minimum absolute atomic E-state index is 0.0896. The Morgan fingerprint density at radius 1 is 1.17 bits per heavy atom. The standard InChI is InChI=1S/C22H36N6O.C2HF3O2/c1-21(2,23)19-14-28(26-25-19)13-15-4-3-5-27(12-15)20(29)24-22-9-16-6-17(10-22)8-18(7-16)11-22;3-2(4,5)1(6)7/h14-18H,3-13,23H2,1-2H3,(H,24,29);(H,6,7). The first-order valence-corrected chi connectivity index (χ1v) is 12.8. The highest BCUT2D eigenvalue weighted by molar-refractivity contribution is 5.75. The third-order valence-corrected chi connectivity index (χ3v) is 8.10. The Bertz CT molecular complexity index is 922. The summed E-state index contributed by atoms with van der Waals surface area (Å²) in [5.41, 5.74) is 6.55. The highest BCUT2D eigenvalue weighted by Gasteiger charge is 2.52. The fourth-order valence-corrected chi connectivity index (χ4v) is 6.92. The number of alkyl halides is 3. The summed E-state index contributed by atoms with van der Waals surface area (Å²) in [5, 5.41) is 19.1. The largest absolute Gasteiger partial charge is 0.490 e. The van der Waals surface area contributed by atoms with Crippen LogP contribution in [-0.4, -0.2) is 61.8 Å². The Morgan fingerprint density at radius 3 is 2.19 bits per heavy atom. The maximum absolute atomic E-state index is 13.2. The van der Waals surface area contributed by atoms with Crippen LogP contribution in [0.2, 0.25) is 0 Å². The number of rotatable bonds is 4. The van der Waals surface area contributed by atoms with E-state index in [2.05, 4.69) is 20.5 Å². The van der Waals surface area contributed by atoms with Crippen LogP contribution in [-0.2, 0) is 16.9 Å². The summed E-state index contributed by atoms with van der Waals surface area (Å²) in [4.78, 5) is 24.1. The molecule has 202 valence electrons. The fraction of sp³-hybridized carbons (Fsp3) is 0.833. The highest BCUT2D eigenvalue weighted by Crippen LogP contribution is 2.55. The predicted octanol–water partition coefficient (Wildman–Crippen LogP) is 3.50. The van der Waals surface area contributed by atoms with Crippen LogP contribution >= 0.6 is 0 Å². The van der Waals surface area contributed by atoms with E-state index in [0.717, 1.165) is 55.9 Å².